The first-order valence-corrected chi connectivity index (χ1v) is 2.72. The molecule has 0 spiro atoms. The molecule has 21 valence electrons. The summed E-state index contributed by atoms with van der Waals surface area (Å²) in [6, 6.07) is 0. The second-order valence-electron chi connectivity index (χ2n) is 0.306. The molecule has 0 aliphatic carbocycles. The van der Waals surface area contributed by atoms with Crippen molar-refractivity contribution in [2.45, 2.75) is 6.55 Å². The zero-order chi connectivity index (χ0) is 3.41. The second-order valence-corrected chi connectivity index (χ2v) is 1.53. The lowest BCUT2D eigenvalue weighted by molar-refractivity contribution is 0.671. The van der Waals surface area contributed by atoms with Crippen molar-refractivity contribution in [3.8, 4) is 0 Å². The van der Waals surface area contributed by atoms with Gasteiger partial charge in [0.25, 0.3) is 0 Å². The summed E-state index contributed by atoms with van der Waals surface area (Å²) in [5.41, 5.74) is 0. The average Bonchev–Trinajstić information content (AvgIpc) is 1.37. The maximum atomic E-state index is 4.38. The lowest BCUT2D eigenvalue weighted by Gasteiger charge is -1.72. The van der Waals surface area contributed by atoms with E-state index in [2.05, 4.69) is 14.6 Å². The molecule has 5 radical (unpaired) electrons. The highest BCUT2D eigenvalue weighted by Gasteiger charge is 1.59. The third-order valence-corrected chi connectivity index (χ3v) is 0.919. The molecule has 0 aliphatic heterocycles. The van der Waals surface area contributed by atoms with Gasteiger partial charge in [-0.25, -0.2) is 0 Å². The van der Waals surface area contributed by atoms with Crippen molar-refractivity contribution >= 4 is 20.2 Å². The molecule has 3 heteroatoms. The summed E-state index contributed by atoms with van der Waals surface area (Å²) in [5.74, 6) is 0. The Hall–Kier alpha value is 0.394. The van der Waals surface area contributed by atoms with Gasteiger partial charge < -0.3 is 4.12 Å². The molecular formula is CH3OSi2. The van der Waals surface area contributed by atoms with Gasteiger partial charge in [-0.15, -0.1) is 0 Å². The molecule has 4 heavy (non-hydrogen) atoms. The fraction of sp³-hybridized carbons (Fsp3) is 1.00. The maximum absolute atomic E-state index is 4.38. The third kappa shape index (κ3) is 2.39. The van der Waals surface area contributed by atoms with Gasteiger partial charge in [-0.05, 0) is 6.55 Å². The number of rotatable bonds is 1. The molecule has 0 saturated heterocycles. The van der Waals surface area contributed by atoms with Crippen molar-refractivity contribution in [2.75, 3.05) is 0 Å². The number of hydrogen-bond acceptors (Lipinski definition) is 1. The van der Waals surface area contributed by atoms with E-state index in [4.69, 9.17) is 0 Å². The van der Waals surface area contributed by atoms with E-state index < -0.39 is 0 Å². The van der Waals surface area contributed by atoms with Gasteiger partial charge in [0.2, 0.25) is 20.2 Å². The van der Waals surface area contributed by atoms with Gasteiger partial charge in [0.1, 0.15) is 0 Å². The fourth-order valence-corrected chi connectivity index (χ4v) is 0. The minimum absolute atomic E-state index is 0.554. The van der Waals surface area contributed by atoms with E-state index in [1.165, 1.54) is 0 Å². The van der Waals surface area contributed by atoms with Gasteiger partial charge in [-0.1, -0.05) is 0 Å². The topological polar surface area (TPSA) is 9.23 Å². The van der Waals surface area contributed by atoms with Crippen LogP contribution in [0.5, 0.6) is 0 Å². The van der Waals surface area contributed by atoms with Crippen LogP contribution in [-0.4, -0.2) is 20.2 Å². The molecule has 1 nitrogen and oxygen atoms in total. The highest BCUT2D eigenvalue weighted by molar-refractivity contribution is 6.32. The molecular weight excluding hydrogens is 84.2 g/mol. The fourth-order valence-electron chi connectivity index (χ4n) is 0. The Morgan fingerprint density at radius 3 is 2.25 bits per heavy atom. The first-order valence-electron chi connectivity index (χ1n) is 0.908. The number of hydrogen-bond donors (Lipinski definition) is 0. The van der Waals surface area contributed by atoms with E-state index >= 15 is 0 Å². The van der Waals surface area contributed by atoms with Crippen molar-refractivity contribution in [1.29, 1.82) is 0 Å². The van der Waals surface area contributed by atoms with E-state index in [-0.39, 0.29) is 0 Å². The minimum atomic E-state index is 0.554. The predicted molar refractivity (Wildman–Crippen MR) is 18.5 cm³/mol. The Morgan fingerprint density at radius 2 is 2.25 bits per heavy atom. The van der Waals surface area contributed by atoms with Crippen LogP contribution in [0, 0.1) is 0 Å². The van der Waals surface area contributed by atoms with Crippen molar-refractivity contribution in [3.63, 3.8) is 0 Å². The molecule has 0 aromatic rings. The molecule has 0 aliphatic rings. The lowest BCUT2D eigenvalue weighted by atomic mass is 11.9. The summed E-state index contributed by atoms with van der Waals surface area (Å²) >= 11 is 0. The minimum Gasteiger partial charge on any atom is -0.458 e. The van der Waals surface area contributed by atoms with Crippen LogP contribution < -0.4 is 0 Å². The molecule has 0 aromatic heterocycles. The molecule has 0 bridgehead atoms. The van der Waals surface area contributed by atoms with E-state index in [9.17, 15) is 0 Å². The van der Waals surface area contributed by atoms with Gasteiger partial charge in [-0.3, -0.25) is 0 Å². The van der Waals surface area contributed by atoms with Crippen LogP contribution in [-0.2, 0) is 4.12 Å². The van der Waals surface area contributed by atoms with Gasteiger partial charge in [-0.2, -0.15) is 0 Å². The molecule has 0 heterocycles. The normalized spacial score (nSPS) is 7.50. The largest absolute Gasteiger partial charge is 0.458 e. The second kappa shape index (κ2) is 3.39. The van der Waals surface area contributed by atoms with E-state index in [0.717, 1.165) is 0 Å². The zero-order valence-corrected chi connectivity index (χ0v) is 4.41. The summed E-state index contributed by atoms with van der Waals surface area (Å²) in [4.78, 5) is 0. The van der Waals surface area contributed by atoms with Gasteiger partial charge in [0, 0.05) is 0 Å². The monoisotopic (exact) mass is 87.0 g/mol. The SMILES string of the molecule is C[Si]O[Si]. The Labute approximate surface area is 31.8 Å². The summed E-state index contributed by atoms with van der Waals surface area (Å²) < 4.78 is 4.38. The zero-order valence-electron chi connectivity index (χ0n) is 2.41. The van der Waals surface area contributed by atoms with Crippen molar-refractivity contribution in [2.24, 2.45) is 0 Å². The molecule has 0 unspecified atom stereocenters. The van der Waals surface area contributed by atoms with Crippen LogP contribution in [0.4, 0.5) is 0 Å². The third-order valence-electron chi connectivity index (χ3n) is 0.102. The van der Waals surface area contributed by atoms with E-state index in [1.54, 1.807) is 0 Å². The van der Waals surface area contributed by atoms with Crippen LogP contribution in [0.25, 0.3) is 0 Å². The van der Waals surface area contributed by atoms with Crippen LogP contribution in [0.3, 0.4) is 0 Å². The summed E-state index contributed by atoms with van der Waals surface area (Å²) in [5, 5.41) is 0. The quantitative estimate of drug-likeness (QED) is 0.401. The van der Waals surface area contributed by atoms with Crippen molar-refractivity contribution in [1.82, 2.24) is 0 Å². The molecule has 0 aromatic carbocycles. The van der Waals surface area contributed by atoms with Gasteiger partial charge >= 0.3 is 0 Å². The van der Waals surface area contributed by atoms with Crippen LogP contribution >= 0.6 is 0 Å². The molecule has 0 fully saturated rings. The highest BCUT2D eigenvalue weighted by atomic mass is 28.3. The first-order chi connectivity index (χ1) is 1.91. The highest BCUT2D eigenvalue weighted by Crippen LogP contribution is 1.45. The summed E-state index contributed by atoms with van der Waals surface area (Å²) in [6.07, 6.45) is 0. The summed E-state index contributed by atoms with van der Waals surface area (Å²) in [6.45, 7) is 1.94. The molecule has 0 rings (SSSR count). The maximum Gasteiger partial charge on any atom is 0.229 e. The Bertz CT molecular complexity index is 8.00. The molecule has 0 saturated carbocycles. The van der Waals surface area contributed by atoms with Gasteiger partial charge in [0.05, 0.1) is 0 Å². The van der Waals surface area contributed by atoms with Crippen LogP contribution in [0.1, 0.15) is 0 Å². The standard InChI is InChI=1S/CH3OSi2/c1-4-2-3/h1H3. The Kier molecular flexibility index (Phi) is 3.73. The Morgan fingerprint density at radius 1 is 2.00 bits per heavy atom. The molecule has 0 atom stereocenters. The van der Waals surface area contributed by atoms with E-state index in [1.807, 2.05) is 6.55 Å². The molecule has 0 N–H and O–H groups in total. The lowest BCUT2D eigenvalue weighted by Crippen LogP contribution is -1.82. The average molecular weight is 87.2 g/mol. The predicted octanol–water partition coefficient (Wildman–Crippen LogP) is -0.246. The smallest absolute Gasteiger partial charge is 0.229 e. The Balaban J connectivity index is 1.97. The van der Waals surface area contributed by atoms with Crippen molar-refractivity contribution in [3.05, 3.63) is 0 Å². The summed E-state index contributed by atoms with van der Waals surface area (Å²) in [7, 11) is 3.35. The first kappa shape index (κ1) is 4.39. The molecule has 0 amide bonds. The van der Waals surface area contributed by atoms with Crippen molar-refractivity contribution < 1.29 is 4.12 Å². The van der Waals surface area contributed by atoms with Crippen LogP contribution in [0.2, 0.25) is 6.55 Å². The van der Waals surface area contributed by atoms with Gasteiger partial charge in [0.15, 0.2) is 0 Å². The van der Waals surface area contributed by atoms with E-state index in [0.29, 0.717) is 9.76 Å². The van der Waals surface area contributed by atoms with Crippen LogP contribution in [0.15, 0.2) is 0 Å².